The molecule has 160 valence electrons. The highest BCUT2D eigenvalue weighted by atomic mass is 32.2. The zero-order valence-electron chi connectivity index (χ0n) is 17.8. The van der Waals surface area contributed by atoms with Gasteiger partial charge in [-0.25, -0.2) is 0 Å². The van der Waals surface area contributed by atoms with Crippen LogP contribution < -0.4 is 0 Å². The van der Waals surface area contributed by atoms with Crippen LogP contribution in [0.4, 0.5) is 4.39 Å². The molecule has 0 aliphatic rings. The first-order valence-electron chi connectivity index (χ1n) is 10.7. The Labute approximate surface area is 162 Å². The van der Waals surface area contributed by atoms with Crippen LogP contribution in [-0.2, 0) is 10.1 Å². The summed E-state index contributed by atoms with van der Waals surface area (Å²) < 4.78 is 40.7. The summed E-state index contributed by atoms with van der Waals surface area (Å²) in [5.74, 6) is -0.336. The lowest BCUT2D eigenvalue weighted by Gasteiger charge is -2.39. The molecule has 0 unspecified atom stereocenters. The molecule has 0 radical (unpaired) electrons. The molecule has 0 aromatic heterocycles. The lowest BCUT2D eigenvalue weighted by atomic mass is 10.1. The topological polar surface area (TPSA) is 54.4 Å². The van der Waals surface area contributed by atoms with Crippen LogP contribution >= 0.6 is 0 Å². The Bertz CT molecular complexity index is 351. The van der Waals surface area contributed by atoms with Gasteiger partial charge < -0.3 is 4.48 Å². The molecule has 0 aliphatic heterocycles. The molecule has 0 heterocycles. The molecule has 26 heavy (non-hydrogen) atoms. The van der Waals surface area contributed by atoms with Crippen LogP contribution in [0.5, 0.6) is 0 Å². The van der Waals surface area contributed by atoms with Crippen LogP contribution in [0, 0.1) is 0 Å². The quantitative estimate of drug-likeness (QED) is 0.208. The summed E-state index contributed by atoms with van der Waals surface area (Å²) in [6, 6.07) is 0. The van der Waals surface area contributed by atoms with Crippen molar-refractivity contribution in [3.8, 4) is 0 Å². The summed E-state index contributed by atoms with van der Waals surface area (Å²) in [7, 11) is -3.86. The van der Waals surface area contributed by atoms with Crippen molar-refractivity contribution >= 4 is 10.1 Å². The summed E-state index contributed by atoms with van der Waals surface area (Å²) in [4.78, 5) is 0. The third kappa shape index (κ3) is 18.6. The van der Waals surface area contributed by atoms with Gasteiger partial charge in [-0.2, -0.15) is 8.42 Å². The predicted octanol–water partition coefficient (Wildman–Crippen LogP) is 5.63. The predicted molar refractivity (Wildman–Crippen MR) is 111 cm³/mol. The normalized spacial score (nSPS) is 11.9. The van der Waals surface area contributed by atoms with E-state index < -0.39 is 16.8 Å². The van der Waals surface area contributed by atoms with E-state index in [4.69, 9.17) is 4.55 Å². The molecule has 0 saturated heterocycles. The Morgan fingerprint density at radius 2 is 1.04 bits per heavy atom. The number of alkyl halides is 1. The minimum absolute atomic E-state index is 0.190. The van der Waals surface area contributed by atoms with Crippen molar-refractivity contribution in [3.63, 3.8) is 0 Å². The van der Waals surface area contributed by atoms with Gasteiger partial charge >= 0.3 is 0 Å². The molecule has 0 fully saturated rings. The van der Waals surface area contributed by atoms with Crippen molar-refractivity contribution in [3.05, 3.63) is 0 Å². The zero-order chi connectivity index (χ0) is 20.3. The number of unbranched alkanes of at least 4 members (excludes halogenated alkanes) is 5. The largest absolute Gasteiger partial charge is 0.324 e. The highest BCUT2D eigenvalue weighted by Gasteiger charge is 2.24. The van der Waals surface area contributed by atoms with Crippen LogP contribution in [0.25, 0.3) is 0 Å². The average molecular weight is 399 g/mol. The Morgan fingerprint density at radius 1 is 0.692 bits per heavy atom. The van der Waals surface area contributed by atoms with Crippen LogP contribution in [0.1, 0.15) is 91.9 Å². The molecule has 0 rings (SSSR count). The van der Waals surface area contributed by atoms with Gasteiger partial charge in [0.15, 0.2) is 0 Å². The second kappa shape index (κ2) is 18.2. The van der Waals surface area contributed by atoms with Crippen LogP contribution in [0.3, 0.4) is 0 Å². The van der Waals surface area contributed by atoms with Gasteiger partial charge in [0.2, 0.25) is 0 Å². The molecule has 0 atom stereocenters. The number of hydrogen-bond donors (Lipinski definition) is 1. The Morgan fingerprint density at radius 3 is 1.27 bits per heavy atom. The molecule has 0 aromatic carbocycles. The number of halogens is 1. The Hall–Kier alpha value is -0.200. The van der Waals surface area contributed by atoms with E-state index in [0.717, 1.165) is 0 Å². The van der Waals surface area contributed by atoms with Gasteiger partial charge in [0.1, 0.15) is 0 Å². The van der Waals surface area contributed by atoms with E-state index >= 15 is 0 Å². The first kappa shape index (κ1) is 28.0. The first-order valence-corrected chi connectivity index (χ1v) is 12.3. The molecular weight excluding hydrogens is 353 g/mol. The van der Waals surface area contributed by atoms with Crippen molar-refractivity contribution < 1.29 is 21.8 Å². The molecule has 0 saturated carbocycles. The maximum absolute atomic E-state index is 11.3. The SMILES string of the molecule is CCCC[N+](CCCC)(CCCC)CCCC.O=S(=O)(O)CCCCF. The van der Waals surface area contributed by atoms with Gasteiger partial charge in [0.25, 0.3) is 10.1 Å². The van der Waals surface area contributed by atoms with Crippen LogP contribution in [0.15, 0.2) is 0 Å². The minimum Gasteiger partial charge on any atom is -0.324 e. The molecule has 1 N–H and O–H groups in total. The molecule has 0 amide bonds. The highest BCUT2D eigenvalue weighted by molar-refractivity contribution is 7.85. The number of rotatable bonds is 16. The summed E-state index contributed by atoms with van der Waals surface area (Å²) in [6.45, 7) is 14.5. The second-order valence-corrected chi connectivity index (χ2v) is 8.90. The smallest absolute Gasteiger partial charge is 0.264 e. The monoisotopic (exact) mass is 398 g/mol. The molecule has 0 bridgehead atoms. The summed E-state index contributed by atoms with van der Waals surface area (Å²) in [6.07, 6.45) is 11.4. The number of hydrogen-bond acceptors (Lipinski definition) is 2. The fourth-order valence-electron chi connectivity index (χ4n) is 3.02. The fourth-order valence-corrected chi connectivity index (χ4v) is 3.59. The Kier molecular flexibility index (Phi) is 19.6. The van der Waals surface area contributed by atoms with Gasteiger partial charge in [-0.3, -0.25) is 8.94 Å². The highest BCUT2D eigenvalue weighted by Crippen LogP contribution is 2.16. The van der Waals surface area contributed by atoms with Crippen molar-refractivity contribution in [2.24, 2.45) is 0 Å². The molecule has 6 heteroatoms. The molecule has 4 nitrogen and oxygen atoms in total. The van der Waals surface area contributed by atoms with E-state index in [1.165, 1.54) is 82.0 Å². The molecule has 0 aliphatic carbocycles. The maximum Gasteiger partial charge on any atom is 0.264 e. The summed E-state index contributed by atoms with van der Waals surface area (Å²) in [5, 5.41) is 0. The third-order valence-corrected chi connectivity index (χ3v) is 5.53. The van der Waals surface area contributed by atoms with Crippen LogP contribution in [0.2, 0.25) is 0 Å². The van der Waals surface area contributed by atoms with Crippen molar-refractivity contribution in [2.45, 2.75) is 91.9 Å². The van der Waals surface area contributed by atoms with E-state index in [2.05, 4.69) is 27.7 Å². The standard InChI is InChI=1S/C16H36N.C4H9FO3S/c1-5-9-13-17(14-10-6-2,15-11-7-3)16-12-8-4;5-3-1-2-4-9(6,7)8/h5-16H2,1-4H3;1-4H2,(H,6,7,8)/q+1;. The lowest BCUT2D eigenvalue weighted by molar-refractivity contribution is -0.929. The van der Waals surface area contributed by atoms with E-state index in [-0.39, 0.29) is 18.6 Å². The van der Waals surface area contributed by atoms with E-state index in [0.29, 0.717) is 0 Å². The molecule has 0 spiro atoms. The summed E-state index contributed by atoms with van der Waals surface area (Å²) >= 11 is 0. The molecule has 0 aromatic rings. The van der Waals surface area contributed by atoms with Gasteiger partial charge in [-0.1, -0.05) is 53.4 Å². The fraction of sp³-hybridized carbons (Fsp3) is 1.00. The van der Waals surface area contributed by atoms with Gasteiger partial charge in [0.05, 0.1) is 38.6 Å². The second-order valence-electron chi connectivity index (χ2n) is 7.33. The first-order chi connectivity index (χ1) is 12.3. The van der Waals surface area contributed by atoms with Gasteiger partial charge in [0, 0.05) is 0 Å². The van der Waals surface area contributed by atoms with Crippen molar-refractivity contribution in [2.75, 3.05) is 38.6 Å². The van der Waals surface area contributed by atoms with Crippen LogP contribution in [-0.4, -0.2) is 56.1 Å². The number of nitrogens with zero attached hydrogens (tertiary/aromatic N) is 1. The van der Waals surface area contributed by atoms with E-state index in [1.54, 1.807) is 0 Å². The lowest BCUT2D eigenvalue weighted by Crippen LogP contribution is -2.50. The number of quaternary nitrogens is 1. The third-order valence-electron chi connectivity index (χ3n) is 4.73. The average Bonchev–Trinajstić information content (AvgIpc) is 2.60. The van der Waals surface area contributed by atoms with E-state index in [1.807, 2.05) is 0 Å². The van der Waals surface area contributed by atoms with Gasteiger partial charge in [-0.05, 0) is 38.5 Å². The van der Waals surface area contributed by atoms with Crippen molar-refractivity contribution in [1.82, 2.24) is 0 Å². The summed E-state index contributed by atoms with van der Waals surface area (Å²) in [5.41, 5.74) is 0. The minimum atomic E-state index is -3.86. The Balaban J connectivity index is 0. The zero-order valence-corrected chi connectivity index (χ0v) is 18.6. The molecular formula is C20H45FNO3S+. The van der Waals surface area contributed by atoms with E-state index in [9.17, 15) is 12.8 Å². The van der Waals surface area contributed by atoms with Crippen molar-refractivity contribution in [1.29, 1.82) is 0 Å². The van der Waals surface area contributed by atoms with Gasteiger partial charge in [-0.15, -0.1) is 0 Å². The maximum atomic E-state index is 11.3.